The number of aliphatic hydroxyl groups is 1. The molecule has 1 aromatic carbocycles. The first kappa shape index (κ1) is 20.5. The molecule has 0 saturated carbocycles. The van der Waals surface area contributed by atoms with E-state index in [9.17, 15) is 14.7 Å². The maximum Gasteiger partial charge on any atom is 0.296 e. The highest BCUT2D eigenvalue weighted by Gasteiger charge is 2.47. The molecule has 1 aliphatic rings. The second-order valence-corrected chi connectivity index (χ2v) is 9.69. The van der Waals surface area contributed by atoms with Crippen molar-refractivity contribution in [2.24, 2.45) is 5.41 Å². The summed E-state index contributed by atoms with van der Waals surface area (Å²) in [5, 5.41) is 11.7. The number of hydrogen-bond donors (Lipinski definition) is 1. The lowest BCUT2D eigenvalue weighted by atomic mass is 9.82. The van der Waals surface area contributed by atoms with Gasteiger partial charge in [-0.1, -0.05) is 49.8 Å². The van der Waals surface area contributed by atoms with Crippen LogP contribution >= 0.6 is 22.9 Å². The van der Waals surface area contributed by atoms with Crippen LogP contribution in [0.15, 0.2) is 48.0 Å². The zero-order chi connectivity index (χ0) is 21.8. The molecular weight excluding hydrogens is 422 g/mol. The molecule has 0 saturated heterocycles. The van der Waals surface area contributed by atoms with Crippen LogP contribution in [-0.2, 0) is 9.59 Å². The normalized spacial score (nSPS) is 17.3. The maximum absolute atomic E-state index is 13.2. The molecule has 1 N–H and O–H groups in total. The summed E-state index contributed by atoms with van der Waals surface area (Å²) >= 11 is 7.54. The number of benzene rings is 1. The summed E-state index contributed by atoms with van der Waals surface area (Å²) in [5.41, 5.74) is 1.46. The van der Waals surface area contributed by atoms with E-state index in [1.165, 1.54) is 16.2 Å². The number of halogens is 1. The van der Waals surface area contributed by atoms with Gasteiger partial charge < -0.3 is 5.11 Å². The van der Waals surface area contributed by atoms with Crippen LogP contribution in [0.5, 0.6) is 0 Å². The summed E-state index contributed by atoms with van der Waals surface area (Å²) < 4.78 is 0.861. The number of thiazole rings is 1. The molecule has 1 atom stereocenters. The van der Waals surface area contributed by atoms with Crippen molar-refractivity contribution in [1.82, 2.24) is 9.97 Å². The van der Waals surface area contributed by atoms with Crippen LogP contribution in [0, 0.1) is 12.3 Å². The SMILES string of the molecule is Cc1cc2sc(N3C(=O)C(O)=C(C(=O)C(C)(C)C)C3c3cccnc3)nc2cc1Cl. The number of amides is 1. The fraction of sp³-hybridized carbons (Fsp3) is 0.273. The van der Waals surface area contributed by atoms with Crippen molar-refractivity contribution in [2.75, 3.05) is 4.90 Å². The number of Topliss-reactive ketones (excluding diaryl/α,β-unsaturated/α-hetero) is 1. The molecule has 1 unspecified atom stereocenters. The van der Waals surface area contributed by atoms with Crippen molar-refractivity contribution in [3.05, 3.63) is 64.1 Å². The maximum atomic E-state index is 13.2. The van der Waals surface area contributed by atoms with Gasteiger partial charge in [0, 0.05) is 22.8 Å². The number of pyridine rings is 1. The van der Waals surface area contributed by atoms with E-state index >= 15 is 0 Å². The van der Waals surface area contributed by atoms with Gasteiger partial charge in [-0.15, -0.1) is 0 Å². The lowest BCUT2D eigenvalue weighted by Crippen LogP contribution is -2.32. The Balaban J connectivity index is 1.91. The smallest absolute Gasteiger partial charge is 0.296 e. The van der Waals surface area contributed by atoms with Gasteiger partial charge in [0.25, 0.3) is 5.91 Å². The average Bonchev–Trinajstić information content (AvgIpc) is 3.20. The Bertz CT molecular complexity index is 1170. The van der Waals surface area contributed by atoms with Crippen LogP contribution < -0.4 is 4.90 Å². The molecular formula is C22H20ClN3O3S. The number of hydrogen-bond acceptors (Lipinski definition) is 6. The molecule has 8 heteroatoms. The molecule has 154 valence electrons. The molecule has 30 heavy (non-hydrogen) atoms. The number of anilines is 1. The molecule has 6 nitrogen and oxygen atoms in total. The molecule has 4 rings (SSSR count). The average molecular weight is 442 g/mol. The number of nitrogens with zero attached hydrogens (tertiary/aromatic N) is 3. The van der Waals surface area contributed by atoms with Gasteiger partial charge in [-0.25, -0.2) is 4.98 Å². The highest BCUT2D eigenvalue weighted by Crippen LogP contribution is 2.45. The van der Waals surface area contributed by atoms with Gasteiger partial charge in [0.1, 0.15) is 0 Å². The Labute approximate surface area is 182 Å². The van der Waals surface area contributed by atoms with E-state index in [4.69, 9.17) is 11.6 Å². The second kappa shape index (κ2) is 7.18. The third-order valence-electron chi connectivity index (χ3n) is 5.00. The van der Waals surface area contributed by atoms with Gasteiger partial charge in [-0.2, -0.15) is 0 Å². The van der Waals surface area contributed by atoms with Crippen LogP contribution in [0.4, 0.5) is 5.13 Å². The van der Waals surface area contributed by atoms with Crippen molar-refractivity contribution in [3.8, 4) is 0 Å². The van der Waals surface area contributed by atoms with Gasteiger partial charge in [0.2, 0.25) is 0 Å². The van der Waals surface area contributed by atoms with Crippen LogP contribution in [0.2, 0.25) is 5.02 Å². The number of ketones is 1. The summed E-state index contributed by atoms with van der Waals surface area (Å²) in [4.78, 5) is 36.4. The fourth-order valence-corrected chi connectivity index (χ4v) is 4.66. The number of rotatable bonds is 3. The minimum absolute atomic E-state index is 0.0639. The van der Waals surface area contributed by atoms with E-state index in [0.717, 1.165) is 10.3 Å². The van der Waals surface area contributed by atoms with E-state index in [1.807, 2.05) is 13.0 Å². The van der Waals surface area contributed by atoms with Crippen molar-refractivity contribution < 1.29 is 14.7 Å². The predicted octanol–water partition coefficient (Wildman–Crippen LogP) is 5.17. The van der Waals surface area contributed by atoms with Crippen LogP contribution in [0.3, 0.4) is 0 Å². The third kappa shape index (κ3) is 3.28. The first-order valence-electron chi connectivity index (χ1n) is 9.37. The zero-order valence-electron chi connectivity index (χ0n) is 16.9. The predicted molar refractivity (Wildman–Crippen MR) is 118 cm³/mol. The number of aliphatic hydroxyl groups excluding tert-OH is 1. The van der Waals surface area contributed by atoms with E-state index < -0.39 is 23.1 Å². The van der Waals surface area contributed by atoms with Gasteiger partial charge in [-0.3, -0.25) is 19.5 Å². The Morgan fingerprint density at radius 2 is 2.03 bits per heavy atom. The van der Waals surface area contributed by atoms with E-state index in [0.29, 0.717) is 21.2 Å². The molecule has 0 spiro atoms. The fourth-order valence-electron chi connectivity index (χ4n) is 3.43. The monoisotopic (exact) mass is 441 g/mol. The van der Waals surface area contributed by atoms with Crippen LogP contribution in [0.25, 0.3) is 10.2 Å². The van der Waals surface area contributed by atoms with Gasteiger partial charge in [0.05, 0.1) is 21.8 Å². The highest BCUT2D eigenvalue weighted by molar-refractivity contribution is 7.22. The Morgan fingerprint density at radius 1 is 1.30 bits per heavy atom. The van der Waals surface area contributed by atoms with E-state index in [1.54, 1.807) is 51.4 Å². The Kier molecular flexibility index (Phi) is 4.91. The molecule has 0 radical (unpaired) electrons. The topological polar surface area (TPSA) is 83.4 Å². The molecule has 3 heterocycles. The van der Waals surface area contributed by atoms with E-state index in [-0.39, 0.29) is 11.4 Å². The lowest BCUT2D eigenvalue weighted by molar-refractivity contribution is -0.123. The zero-order valence-corrected chi connectivity index (χ0v) is 18.5. The number of carbonyl (C=O) groups excluding carboxylic acids is 2. The molecule has 2 aromatic heterocycles. The largest absolute Gasteiger partial charge is 0.503 e. The molecule has 1 amide bonds. The summed E-state index contributed by atoms with van der Waals surface area (Å²) in [6.45, 7) is 7.16. The number of aryl methyl sites for hydroxylation is 1. The standard InChI is InChI=1S/C22H20ClN3O3S/c1-11-8-15-14(9-13(11)23)25-21(30-15)26-17(12-6-5-7-24-10-12)16(18(27)20(26)29)19(28)22(2,3)4/h5-10,17,27H,1-4H3. The highest BCUT2D eigenvalue weighted by atomic mass is 35.5. The minimum Gasteiger partial charge on any atom is -0.503 e. The molecule has 3 aromatic rings. The van der Waals surface area contributed by atoms with E-state index in [2.05, 4.69) is 9.97 Å². The van der Waals surface area contributed by atoms with Gasteiger partial charge in [0.15, 0.2) is 16.7 Å². The summed E-state index contributed by atoms with van der Waals surface area (Å²) in [6.07, 6.45) is 3.20. The molecule has 1 aliphatic heterocycles. The second-order valence-electron chi connectivity index (χ2n) is 8.27. The number of aromatic nitrogens is 2. The molecule has 0 fully saturated rings. The van der Waals surface area contributed by atoms with Crippen molar-refractivity contribution >= 4 is 50.0 Å². The van der Waals surface area contributed by atoms with Gasteiger partial charge >= 0.3 is 0 Å². The first-order chi connectivity index (χ1) is 14.1. The van der Waals surface area contributed by atoms with Gasteiger partial charge in [-0.05, 0) is 36.2 Å². The van der Waals surface area contributed by atoms with Crippen LogP contribution in [0.1, 0.15) is 37.9 Å². The molecule has 0 aliphatic carbocycles. The summed E-state index contributed by atoms with van der Waals surface area (Å²) in [5.74, 6) is -1.50. The van der Waals surface area contributed by atoms with Crippen molar-refractivity contribution in [2.45, 2.75) is 33.7 Å². The summed E-state index contributed by atoms with van der Waals surface area (Å²) in [6, 6.07) is 6.36. The van der Waals surface area contributed by atoms with Crippen molar-refractivity contribution in [3.63, 3.8) is 0 Å². The quantitative estimate of drug-likeness (QED) is 0.606. The number of fused-ring (bicyclic) bond motifs is 1. The lowest BCUT2D eigenvalue weighted by Gasteiger charge is -2.26. The number of carbonyl (C=O) groups is 2. The minimum atomic E-state index is -0.810. The van der Waals surface area contributed by atoms with Crippen LogP contribution in [-0.4, -0.2) is 26.8 Å². The molecule has 0 bridgehead atoms. The Hall–Kier alpha value is -2.77. The first-order valence-corrected chi connectivity index (χ1v) is 10.6. The Morgan fingerprint density at radius 3 is 2.67 bits per heavy atom. The van der Waals surface area contributed by atoms with Crippen molar-refractivity contribution in [1.29, 1.82) is 0 Å². The third-order valence-corrected chi connectivity index (χ3v) is 6.42. The summed E-state index contributed by atoms with van der Waals surface area (Å²) in [7, 11) is 0.